The van der Waals surface area contributed by atoms with Gasteiger partial charge in [0.05, 0.1) is 12.6 Å². The number of benzene rings is 1. The van der Waals surface area contributed by atoms with Gasteiger partial charge in [0.15, 0.2) is 0 Å². The molecule has 1 atom stereocenters. The molecular weight excluding hydrogens is 312 g/mol. The topological polar surface area (TPSA) is 51.0 Å². The van der Waals surface area contributed by atoms with E-state index in [1.165, 1.54) is 0 Å². The quantitative estimate of drug-likeness (QED) is 0.738. The van der Waals surface area contributed by atoms with Gasteiger partial charge in [-0.15, -0.1) is 0 Å². The Kier molecular flexibility index (Phi) is 4.29. The fraction of sp³-hybridized carbons (Fsp3) is 0.250. The normalized spacial score (nSPS) is 16.5. The average molecular weight is 332 g/mol. The highest BCUT2D eigenvalue weighted by Crippen LogP contribution is 2.29. The first kappa shape index (κ1) is 15.6. The van der Waals surface area contributed by atoms with Gasteiger partial charge in [0, 0.05) is 37.8 Å². The summed E-state index contributed by atoms with van der Waals surface area (Å²) in [5.41, 5.74) is 2.25. The van der Waals surface area contributed by atoms with Gasteiger partial charge in [-0.1, -0.05) is 36.4 Å². The van der Waals surface area contributed by atoms with Crippen LogP contribution >= 0.6 is 0 Å². The van der Waals surface area contributed by atoms with E-state index in [1.54, 1.807) is 12.4 Å². The van der Waals surface area contributed by atoms with Crippen molar-refractivity contribution >= 4 is 5.91 Å². The lowest BCUT2D eigenvalue weighted by Crippen LogP contribution is -2.41. The van der Waals surface area contributed by atoms with Crippen molar-refractivity contribution in [2.24, 2.45) is 0 Å². The molecule has 0 radical (unpaired) electrons. The molecular formula is C20H20N4O. The number of aromatic nitrogens is 3. The first-order valence-electron chi connectivity index (χ1n) is 8.54. The van der Waals surface area contributed by atoms with Crippen LogP contribution in [0.4, 0.5) is 0 Å². The molecule has 0 saturated carbocycles. The van der Waals surface area contributed by atoms with Crippen molar-refractivity contribution < 1.29 is 4.79 Å². The van der Waals surface area contributed by atoms with E-state index in [-0.39, 0.29) is 11.9 Å². The molecule has 5 heteroatoms. The van der Waals surface area contributed by atoms with Crippen molar-refractivity contribution in [1.29, 1.82) is 0 Å². The number of aryl methyl sites for hydroxylation is 1. The van der Waals surface area contributed by atoms with Gasteiger partial charge >= 0.3 is 0 Å². The summed E-state index contributed by atoms with van der Waals surface area (Å²) in [6.45, 7) is 1.30. The molecule has 126 valence electrons. The summed E-state index contributed by atoms with van der Waals surface area (Å²) in [6.07, 6.45) is 8.56. The predicted molar refractivity (Wildman–Crippen MR) is 94.5 cm³/mol. The Morgan fingerprint density at radius 3 is 2.80 bits per heavy atom. The number of pyridine rings is 1. The highest BCUT2D eigenvalue weighted by molar-refractivity contribution is 5.77. The highest BCUT2D eigenvalue weighted by atomic mass is 16.2. The number of hydrogen-bond acceptors (Lipinski definition) is 3. The predicted octanol–water partition coefficient (Wildman–Crippen LogP) is 2.99. The molecule has 0 unspecified atom stereocenters. The number of amides is 1. The van der Waals surface area contributed by atoms with E-state index in [9.17, 15) is 4.79 Å². The third kappa shape index (κ3) is 3.31. The fourth-order valence-corrected chi connectivity index (χ4v) is 3.37. The Morgan fingerprint density at radius 2 is 2.00 bits per heavy atom. The minimum atomic E-state index is 0.0456. The van der Waals surface area contributed by atoms with Crippen LogP contribution in [-0.2, 0) is 24.3 Å². The van der Waals surface area contributed by atoms with Gasteiger partial charge in [-0.25, -0.2) is 4.98 Å². The summed E-state index contributed by atoms with van der Waals surface area (Å²) in [4.78, 5) is 23.4. The van der Waals surface area contributed by atoms with Gasteiger partial charge < -0.3 is 9.47 Å². The molecule has 1 amide bonds. The van der Waals surface area contributed by atoms with Gasteiger partial charge in [-0.2, -0.15) is 0 Å². The Balaban J connectivity index is 1.55. The minimum absolute atomic E-state index is 0.0456. The van der Waals surface area contributed by atoms with Crippen LogP contribution in [0.15, 0.2) is 67.3 Å². The Morgan fingerprint density at radius 1 is 1.12 bits per heavy atom. The standard InChI is InChI=1S/C20H20N4O/c25-20(9-8-16-5-4-10-21-13-16)24-15-19-22-11-12-23(19)14-18(24)17-6-2-1-3-7-17/h1-7,10-13,18H,8-9,14-15H2/t18-/m1/s1. The minimum Gasteiger partial charge on any atom is -0.331 e. The zero-order chi connectivity index (χ0) is 17.1. The fourth-order valence-electron chi connectivity index (χ4n) is 3.37. The molecule has 0 fully saturated rings. The molecule has 0 saturated heterocycles. The second kappa shape index (κ2) is 6.89. The van der Waals surface area contributed by atoms with Crippen molar-refractivity contribution in [1.82, 2.24) is 19.4 Å². The number of carbonyl (C=O) groups is 1. The van der Waals surface area contributed by atoms with Gasteiger partial charge in [0.25, 0.3) is 0 Å². The van der Waals surface area contributed by atoms with E-state index < -0.39 is 0 Å². The molecule has 25 heavy (non-hydrogen) atoms. The molecule has 2 aromatic heterocycles. The molecule has 0 spiro atoms. The zero-order valence-corrected chi connectivity index (χ0v) is 14.0. The summed E-state index contributed by atoms with van der Waals surface area (Å²) >= 11 is 0. The van der Waals surface area contributed by atoms with Crippen LogP contribution in [0.5, 0.6) is 0 Å². The molecule has 0 N–H and O–H groups in total. The summed E-state index contributed by atoms with van der Waals surface area (Å²) < 4.78 is 2.14. The van der Waals surface area contributed by atoms with Crippen molar-refractivity contribution in [3.63, 3.8) is 0 Å². The monoisotopic (exact) mass is 332 g/mol. The van der Waals surface area contributed by atoms with Crippen LogP contribution in [0, 0.1) is 0 Å². The van der Waals surface area contributed by atoms with Crippen LogP contribution < -0.4 is 0 Å². The average Bonchev–Trinajstić information content (AvgIpc) is 3.14. The molecule has 0 aliphatic carbocycles. The summed E-state index contributed by atoms with van der Waals surface area (Å²) in [5, 5.41) is 0. The van der Waals surface area contributed by atoms with E-state index >= 15 is 0 Å². The Bertz CT molecular complexity index is 844. The molecule has 1 aromatic carbocycles. The lowest BCUT2D eigenvalue weighted by Gasteiger charge is -2.36. The maximum atomic E-state index is 13.0. The van der Waals surface area contributed by atoms with E-state index in [0.717, 1.165) is 23.5 Å². The number of fused-ring (bicyclic) bond motifs is 1. The van der Waals surface area contributed by atoms with Crippen molar-refractivity contribution in [2.45, 2.75) is 32.0 Å². The zero-order valence-electron chi connectivity index (χ0n) is 14.0. The number of hydrogen-bond donors (Lipinski definition) is 0. The van der Waals surface area contributed by atoms with Crippen molar-refractivity contribution in [2.75, 3.05) is 0 Å². The van der Waals surface area contributed by atoms with Crippen LogP contribution in [0.1, 0.15) is 29.4 Å². The third-order valence-corrected chi connectivity index (χ3v) is 4.71. The van der Waals surface area contributed by atoms with E-state index in [1.807, 2.05) is 47.6 Å². The van der Waals surface area contributed by atoms with E-state index in [4.69, 9.17) is 0 Å². The van der Waals surface area contributed by atoms with Gasteiger partial charge in [-0.05, 0) is 23.6 Å². The van der Waals surface area contributed by atoms with Crippen molar-refractivity contribution in [3.05, 3.63) is 84.2 Å². The first-order chi connectivity index (χ1) is 12.3. The summed E-state index contributed by atoms with van der Waals surface area (Å²) in [7, 11) is 0. The molecule has 1 aliphatic rings. The maximum Gasteiger partial charge on any atom is 0.223 e. The van der Waals surface area contributed by atoms with Crippen LogP contribution in [0.3, 0.4) is 0 Å². The van der Waals surface area contributed by atoms with Gasteiger partial charge in [0.1, 0.15) is 5.82 Å². The maximum absolute atomic E-state index is 13.0. The van der Waals surface area contributed by atoms with Gasteiger partial charge in [-0.3, -0.25) is 9.78 Å². The summed E-state index contributed by atoms with van der Waals surface area (Å²) in [6, 6.07) is 14.2. The van der Waals surface area contributed by atoms with Gasteiger partial charge in [0.2, 0.25) is 5.91 Å². The number of rotatable bonds is 4. The third-order valence-electron chi connectivity index (χ3n) is 4.71. The molecule has 4 rings (SSSR count). The Labute approximate surface area is 147 Å². The second-order valence-corrected chi connectivity index (χ2v) is 6.31. The number of carbonyl (C=O) groups excluding carboxylic acids is 1. The largest absolute Gasteiger partial charge is 0.331 e. The SMILES string of the molecule is O=C(CCc1cccnc1)N1Cc2nccn2C[C@@H]1c1ccccc1. The molecule has 5 nitrogen and oxygen atoms in total. The number of imidazole rings is 1. The molecule has 1 aliphatic heterocycles. The summed E-state index contributed by atoms with van der Waals surface area (Å²) in [5.74, 6) is 1.11. The van der Waals surface area contributed by atoms with E-state index in [2.05, 4.69) is 26.7 Å². The van der Waals surface area contributed by atoms with Crippen molar-refractivity contribution in [3.8, 4) is 0 Å². The van der Waals surface area contributed by atoms with Crippen LogP contribution in [0.2, 0.25) is 0 Å². The molecule has 0 bridgehead atoms. The van der Waals surface area contributed by atoms with E-state index in [0.29, 0.717) is 19.4 Å². The highest BCUT2D eigenvalue weighted by Gasteiger charge is 2.30. The molecule has 3 aromatic rings. The second-order valence-electron chi connectivity index (χ2n) is 6.31. The first-order valence-corrected chi connectivity index (χ1v) is 8.54. The lowest BCUT2D eigenvalue weighted by molar-refractivity contribution is -0.135. The smallest absolute Gasteiger partial charge is 0.223 e. The van der Waals surface area contributed by atoms with Crippen LogP contribution in [0.25, 0.3) is 0 Å². The Hall–Kier alpha value is -2.95. The molecule has 3 heterocycles. The van der Waals surface area contributed by atoms with Crippen LogP contribution in [-0.4, -0.2) is 25.3 Å². The lowest BCUT2D eigenvalue weighted by atomic mass is 10.0. The number of nitrogens with zero attached hydrogens (tertiary/aromatic N) is 4.